The quantitative estimate of drug-likeness (QED) is 0.750. The van der Waals surface area contributed by atoms with Crippen LogP contribution in [-0.2, 0) is 0 Å². The van der Waals surface area contributed by atoms with Crippen LogP contribution in [0.25, 0.3) is 0 Å². The lowest BCUT2D eigenvalue weighted by Gasteiger charge is -2.29. The molecule has 1 aromatic rings. The van der Waals surface area contributed by atoms with Crippen LogP contribution >= 0.6 is 0 Å². The SMILES string of the molecule is O=C(NCCCN1CCC(O)CC1)c1cccc(OC(F)F)c1. The van der Waals surface area contributed by atoms with Crippen LogP contribution in [0.1, 0.15) is 29.6 Å². The second kappa shape index (κ2) is 8.79. The molecule has 7 heteroatoms. The number of aliphatic hydroxyl groups excluding tert-OH is 1. The van der Waals surface area contributed by atoms with Gasteiger partial charge in [0.2, 0.25) is 0 Å². The Bertz CT molecular complexity index is 506. The summed E-state index contributed by atoms with van der Waals surface area (Å²) in [6, 6.07) is 5.74. The first-order valence-corrected chi connectivity index (χ1v) is 7.78. The van der Waals surface area contributed by atoms with E-state index in [0.717, 1.165) is 38.9 Å². The third-order valence-electron chi connectivity index (χ3n) is 3.82. The van der Waals surface area contributed by atoms with E-state index in [1.165, 1.54) is 18.2 Å². The monoisotopic (exact) mass is 328 g/mol. The van der Waals surface area contributed by atoms with E-state index in [1.807, 2.05) is 0 Å². The number of carbonyl (C=O) groups excluding carboxylic acids is 1. The minimum Gasteiger partial charge on any atom is -0.435 e. The van der Waals surface area contributed by atoms with E-state index in [-0.39, 0.29) is 17.8 Å². The Hall–Kier alpha value is -1.73. The van der Waals surface area contributed by atoms with Crippen molar-refractivity contribution in [2.75, 3.05) is 26.2 Å². The molecule has 1 heterocycles. The average molecular weight is 328 g/mol. The van der Waals surface area contributed by atoms with Gasteiger partial charge in [0.1, 0.15) is 5.75 Å². The van der Waals surface area contributed by atoms with E-state index < -0.39 is 6.61 Å². The molecule has 0 aromatic heterocycles. The molecule has 1 saturated heterocycles. The highest BCUT2D eigenvalue weighted by Crippen LogP contribution is 2.16. The van der Waals surface area contributed by atoms with Crippen molar-refractivity contribution in [3.8, 4) is 5.75 Å². The Morgan fingerprint density at radius 1 is 1.39 bits per heavy atom. The Morgan fingerprint density at radius 2 is 2.13 bits per heavy atom. The van der Waals surface area contributed by atoms with Gasteiger partial charge in [-0.3, -0.25) is 4.79 Å². The molecule has 1 aliphatic heterocycles. The molecule has 0 saturated carbocycles. The van der Waals surface area contributed by atoms with Gasteiger partial charge in [0.15, 0.2) is 0 Å². The normalized spacial score (nSPS) is 16.5. The summed E-state index contributed by atoms with van der Waals surface area (Å²) < 4.78 is 28.6. The number of ether oxygens (including phenoxy) is 1. The van der Waals surface area contributed by atoms with E-state index in [1.54, 1.807) is 6.07 Å². The number of carbonyl (C=O) groups is 1. The standard InChI is InChI=1S/C16H22F2N2O3/c17-16(18)23-14-4-1-3-12(11-14)15(22)19-7-2-8-20-9-5-13(21)6-10-20/h1,3-4,11,13,16,21H,2,5-10H2,(H,19,22). The molecule has 0 atom stereocenters. The van der Waals surface area contributed by atoms with Crippen LogP contribution in [-0.4, -0.2) is 54.8 Å². The lowest BCUT2D eigenvalue weighted by atomic mass is 10.1. The van der Waals surface area contributed by atoms with Crippen molar-refractivity contribution in [3.05, 3.63) is 29.8 Å². The third-order valence-corrected chi connectivity index (χ3v) is 3.82. The first-order valence-electron chi connectivity index (χ1n) is 7.78. The predicted octanol–water partition coefficient (Wildman–Crippen LogP) is 1.86. The van der Waals surface area contributed by atoms with Gasteiger partial charge in [-0.2, -0.15) is 8.78 Å². The van der Waals surface area contributed by atoms with Gasteiger partial charge in [-0.25, -0.2) is 0 Å². The molecule has 0 radical (unpaired) electrons. The van der Waals surface area contributed by atoms with Crippen LogP contribution in [0.5, 0.6) is 5.75 Å². The van der Waals surface area contributed by atoms with Crippen molar-refractivity contribution < 1.29 is 23.4 Å². The smallest absolute Gasteiger partial charge is 0.387 e. The molecule has 2 N–H and O–H groups in total. The number of halogens is 2. The van der Waals surface area contributed by atoms with Gasteiger partial charge in [-0.15, -0.1) is 0 Å². The number of hydrogen-bond donors (Lipinski definition) is 2. The van der Waals surface area contributed by atoms with Gasteiger partial charge in [0.05, 0.1) is 6.10 Å². The summed E-state index contributed by atoms with van der Waals surface area (Å²) in [5, 5.41) is 12.2. The van der Waals surface area contributed by atoms with Crippen molar-refractivity contribution in [1.29, 1.82) is 0 Å². The highest BCUT2D eigenvalue weighted by Gasteiger charge is 2.16. The molecule has 0 aliphatic carbocycles. The largest absolute Gasteiger partial charge is 0.435 e. The minimum atomic E-state index is -2.91. The average Bonchev–Trinajstić information content (AvgIpc) is 2.52. The molecule has 0 bridgehead atoms. The van der Waals surface area contributed by atoms with Crippen molar-refractivity contribution in [1.82, 2.24) is 10.2 Å². The molecule has 23 heavy (non-hydrogen) atoms. The molecule has 1 amide bonds. The summed E-state index contributed by atoms with van der Waals surface area (Å²) in [4.78, 5) is 14.2. The second-order valence-electron chi connectivity index (χ2n) is 5.59. The molecule has 0 unspecified atom stereocenters. The van der Waals surface area contributed by atoms with Crippen molar-refractivity contribution in [2.24, 2.45) is 0 Å². The van der Waals surface area contributed by atoms with Crippen molar-refractivity contribution in [3.63, 3.8) is 0 Å². The third kappa shape index (κ3) is 6.11. The minimum absolute atomic E-state index is 0.0282. The number of amides is 1. The number of hydrogen-bond acceptors (Lipinski definition) is 4. The maximum absolute atomic E-state index is 12.2. The van der Waals surface area contributed by atoms with Crippen LogP contribution in [0.4, 0.5) is 8.78 Å². The van der Waals surface area contributed by atoms with Gasteiger partial charge < -0.3 is 20.1 Å². The Balaban J connectivity index is 1.70. The second-order valence-corrected chi connectivity index (χ2v) is 5.59. The molecular weight excluding hydrogens is 306 g/mol. The number of alkyl halides is 2. The van der Waals surface area contributed by atoms with E-state index in [4.69, 9.17) is 0 Å². The highest BCUT2D eigenvalue weighted by molar-refractivity contribution is 5.94. The molecule has 5 nitrogen and oxygen atoms in total. The van der Waals surface area contributed by atoms with E-state index >= 15 is 0 Å². The topological polar surface area (TPSA) is 61.8 Å². The first-order chi connectivity index (χ1) is 11.0. The number of likely N-dealkylation sites (tertiary alicyclic amines) is 1. The van der Waals surface area contributed by atoms with Crippen molar-refractivity contribution >= 4 is 5.91 Å². The van der Waals surface area contributed by atoms with Crippen LogP contribution in [0, 0.1) is 0 Å². The molecular formula is C16H22F2N2O3. The van der Waals surface area contributed by atoms with Crippen LogP contribution in [0.3, 0.4) is 0 Å². The van der Waals surface area contributed by atoms with Gasteiger partial charge in [0, 0.05) is 25.2 Å². The van der Waals surface area contributed by atoms with Crippen LogP contribution < -0.4 is 10.1 Å². The highest BCUT2D eigenvalue weighted by atomic mass is 19.3. The van der Waals surface area contributed by atoms with Crippen molar-refractivity contribution in [2.45, 2.75) is 32.0 Å². The Labute approximate surface area is 134 Å². The Kier molecular flexibility index (Phi) is 6.73. The zero-order valence-corrected chi connectivity index (χ0v) is 12.9. The van der Waals surface area contributed by atoms with E-state index in [0.29, 0.717) is 12.1 Å². The lowest BCUT2D eigenvalue weighted by Crippen LogP contribution is -2.37. The number of piperidine rings is 1. The predicted molar refractivity (Wildman–Crippen MR) is 81.7 cm³/mol. The molecule has 1 fully saturated rings. The van der Waals surface area contributed by atoms with Gasteiger partial charge in [-0.05, 0) is 44.0 Å². The molecule has 2 rings (SSSR count). The number of nitrogens with one attached hydrogen (secondary N) is 1. The summed E-state index contributed by atoms with van der Waals surface area (Å²) >= 11 is 0. The molecule has 128 valence electrons. The van der Waals surface area contributed by atoms with E-state index in [9.17, 15) is 18.7 Å². The van der Waals surface area contributed by atoms with Gasteiger partial charge in [0.25, 0.3) is 5.91 Å². The fraction of sp³-hybridized carbons (Fsp3) is 0.562. The van der Waals surface area contributed by atoms with E-state index in [2.05, 4.69) is 15.0 Å². The van der Waals surface area contributed by atoms with Crippen LogP contribution in [0.2, 0.25) is 0 Å². The summed E-state index contributed by atoms with van der Waals surface area (Å²) in [6.07, 6.45) is 2.20. The van der Waals surface area contributed by atoms with Gasteiger partial charge >= 0.3 is 6.61 Å². The fourth-order valence-corrected chi connectivity index (χ4v) is 2.56. The molecule has 0 spiro atoms. The molecule has 1 aromatic carbocycles. The number of benzene rings is 1. The Morgan fingerprint density at radius 3 is 2.83 bits per heavy atom. The number of rotatable bonds is 7. The number of nitrogens with zero attached hydrogens (tertiary/aromatic N) is 1. The maximum atomic E-state index is 12.2. The number of aliphatic hydroxyl groups is 1. The summed E-state index contributed by atoms with van der Waals surface area (Å²) in [5.41, 5.74) is 0.296. The van der Waals surface area contributed by atoms with Gasteiger partial charge in [-0.1, -0.05) is 6.07 Å². The van der Waals surface area contributed by atoms with Crippen LogP contribution in [0.15, 0.2) is 24.3 Å². The fourth-order valence-electron chi connectivity index (χ4n) is 2.56. The summed E-state index contributed by atoms with van der Waals surface area (Å²) in [5.74, 6) is -0.335. The first kappa shape index (κ1) is 17.6. The zero-order valence-electron chi connectivity index (χ0n) is 12.9. The molecule has 1 aliphatic rings. The zero-order chi connectivity index (χ0) is 16.7. The summed E-state index contributed by atoms with van der Waals surface area (Å²) in [7, 11) is 0. The summed E-state index contributed by atoms with van der Waals surface area (Å²) in [6.45, 7) is 0.222. The maximum Gasteiger partial charge on any atom is 0.387 e. The lowest BCUT2D eigenvalue weighted by molar-refractivity contribution is -0.0498.